The summed E-state index contributed by atoms with van der Waals surface area (Å²) < 4.78 is 43.6. The molecule has 4 aromatic rings. The fraction of sp³-hybridized carbons (Fsp3) is 0.468. The first-order valence-electron chi connectivity index (χ1n) is 21.9. The van der Waals surface area contributed by atoms with Crippen LogP contribution in [0, 0.1) is 0 Å². The predicted octanol–water partition coefficient (Wildman–Crippen LogP) is 7.29. The highest BCUT2D eigenvalue weighted by atomic mass is 31.2. The molecular formula is C47H55FN5O8P. The van der Waals surface area contributed by atoms with Crippen molar-refractivity contribution in [2.24, 2.45) is 7.05 Å². The molecule has 4 aliphatic rings. The van der Waals surface area contributed by atoms with E-state index in [2.05, 4.69) is 10.4 Å². The summed E-state index contributed by atoms with van der Waals surface area (Å²) in [4.78, 5) is 71.9. The standard InChI is InChI=1S/C47H55FN5O8P/c1-4-24-60-46(58)30(2)50-62(59,61-38-11-6-5-7-12-38)42(48)33-16-14-31-15-17-34(26-35(31)25-33)43(55)49-39-13-9-8-10-37-18-19-40(53(37)44(39)56)45(57)52-29-36(28-47(52)21-22-47)32-20-23-51(3)41(54)27-32/h5-7,11-12,14-17,20,23,25-27,30,36-37,39-40,42H,4,8-10,13,18-19,21-22,24,28-29H2,1-3H3,(H,49,55)(H,50,59)/t30-,36+,37-,39-,40-,42?,62?/m0/s1. The molecule has 1 spiro atoms. The lowest BCUT2D eigenvalue weighted by Gasteiger charge is -2.37. The van der Waals surface area contributed by atoms with E-state index in [1.54, 1.807) is 78.8 Å². The number of halogens is 1. The summed E-state index contributed by atoms with van der Waals surface area (Å²) >= 11 is 0. The maximum Gasteiger partial charge on any atom is 0.355 e. The molecule has 3 saturated heterocycles. The van der Waals surface area contributed by atoms with Crippen LogP contribution in [0.5, 0.6) is 5.75 Å². The highest BCUT2D eigenvalue weighted by Gasteiger charge is 2.58. The lowest BCUT2D eigenvalue weighted by Crippen LogP contribution is -2.57. The maximum absolute atomic E-state index is 16.7. The number of carbonyl (C=O) groups is 4. The van der Waals surface area contributed by atoms with Crippen molar-refractivity contribution in [2.75, 3.05) is 13.2 Å². The zero-order chi connectivity index (χ0) is 43.8. The summed E-state index contributed by atoms with van der Waals surface area (Å²) in [5, 5.41) is 6.76. The quantitative estimate of drug-likeness (QED) is 0.104. The van der Waals surface area contributed by atoms with E-state index in [0.717, 1.165) is 44.1 Å². The molecule has 1 saturated carbocycles. The van der Waals surface area contributed by atoms with E-state index in [-0.39, 0.29) is 58.4 Å². The van der Waals surface area contributed by atoms with E-state index in [9.17, 15) is 28.5 Å². The van der Waals surface area contributed by atoms with Gasteiger partial charge in [0.25, 0.3) is 11.5 Å². The van der Waals surface area contributed by atoms with Crippen molar-refractivity contribution in [2.45, 2.75) is 120 Å². The van der Waals surface area contributed by atoms with Gasteiger partial charge in [0.1, 0.15) is 23.9 Å². The van der Waals surface area contributed by atoms with Gasteiger partial charge in [-0.15, -0.1) is 0 Å². The monoisotopic (exact) mass is 867 g/mol. The number of benzene rings is 3. The number of nitrogens with zero attached hydrogens (tertiary/aromatic N) is 3. The Balaban J connectivity index is 0.993. The number of hydrogen-bond acceptors (Lipinski definition) is 8. The van der Waals surface area contributed by atoms with Crippen molar-refractivity contribution in [3.8, 4) is 5.75 Å². The number of esters is 1. The van der Waals surface area contributed by atoms with Crippen LogP contribution in [0.25, 0.3) is 10.8 Å². The van der Waals surface area contributed by atoms with Crippen LogP contribution in [0.1, 0.15) is 111 Å². The molecule has 0 radical (unpaired) electrons. The van der Waals surface area contributed by atoms with Crippen molar-refractivity contribution in [3.05, 3.63) is 112 Å². The van der Waals surface area contributed by atoms with Gasteiger partial charge in [0.05, 0.1) is 6.61 Å². The number of aromatic nitrogens is 1. The highest BCUT2D eigenvalue weighted by molar-refractivity contribution is 7.57. The summed E-state index contributed by atoms with van der Waals surface area (Å²) in [6.45, 7) is 3.93. The zero-order valence-corrected chi connectivity index (χ0v) is 36.4. The second-order valence-electron chi connectivity index (χ2n) is 17.5. The van der Waals surface area contributed by atoms with Gasteiger partial charge in [-0.3, -0.25) is 28.5 Å². The largest absolute Gasteiger partial charge is 0.465 e. The average molecular weight is 868 g/mol. The number of alkyl halides is 1. The molecule has 3 amide bonds. The van der Waals surface area contributed by atoms with Gasteiger partial charge in [-0.25, -0.2) is 9.48 Å². The number of aryl methyl sites for hydroxylation is 1. The van der Waals surface area contributed by atoms with Crippen LogP contribution < -0.4 is 20.5 Å². The first kappa shape index (κ1) is 43.3. The second-order valence-corrected chi connectivity index (χ2v) is 19.6. The molecule has 62 heavy (non-hydrogen) atoms. The zero-order valence-electron chi connectivity index (χ0n) is 35.5. The summed E-state index contributed by atoms with van der Waals surface area (Å²) in [6.07, 6.45) is 9.01. The molecule has 1 aromatic heterocycles. The Hall–Kier alpha value is -5.33. The number of nitrogens with one attached hydrogen (secondary N) is 2. The van der Waals surface area contributed by atoms with E-state index in [0.29, 0.717) is 43.0 Å². The lowest BCUT2D eigenvalue weighted by atomic mass is 9.96. The topological polar surface area (TPSA) is 156 Å². The summed E-state index contributed by atoms with van der Waals surface area (Å²) in [5.41, 5.74) is 0.853. The van der Waals surface area contributed by atoms with Gasteiger partial charge in [0.2, 0.25) is 17.7 Å². The molecule has 3 aliphatic heterocycles. The van der Waals surface area contributed by atoms with Crippen LogP contribution >= 0.6 is 7.52 Å². The second kappa shape index (κ2) is 17.8. The number of rotatable bonds is 13. The molecule has 7 atom stereocenters. The first-order chi connectivity index (χ1) is 29.8. The summed E-state index contributed by atoms with van der Waals surface area (Å²) in [7, 11) is -2.76. The van der Waals surface area contributed by atoms with Crippen molar-refractivity contribution < 1.29 is 37.4 Å². The van der Waals surface area contributed by atoms with Gasteiger partial charge in [-0.05, 0) is 117 Å². The number of fused-ring (bicyclic) bond motifs is 2. The number of amides is 3. The predicted molar refractivity (Wildman–Crippen MR) is 232 cm³/mol. The van der Waals surface area contributed by atoms with Gasteiger partial charge >= 0.3 is 13.5 Å². The minimum Gasteiger partial charge on any atom is -0.465 e. The van der Waals surface area contributed by atoms with Crippen LogP contribution in [-0.2, 0) is 30.7 Å². The maximum atomic E-state index is 16.7. The average Bonchev–Trinajstić information content (AvgIpc) is 3.76. The van der Waals surface area contributed by atoms with E-state index in [1.807, 2.05) is 17.9 Å². The van der Waals surface area contributed by atoms with E-state index >= 15 is 4.39 Å². The van der Waals surface area contributed by atoms with E-state index in [4.69, 9.17) is 9.26 Å². The van der Waals surface area contributed by atoms with Crippen molar-refractivity contribution in [3.63, 3.8) is 0 Å². The van der Waals surface area contributed by atoms with Crippen LogP contribution in [0.2, 0.25) is 0 Å². The Morgan fingerprint density at radius 3 is 2.44 bits per heavy atom. The van der Waals surface area contributed by atoms with Gasteiger partial charge < -0.3 is 28.9 Å². The molecule has 4 heterocycles. The summed E-state index contributed by atoms with van der Waals surface area (Å²) in [6, 6.07) is 18.6. The van der Waals surface area contributed by atoms with Gasteiger partial charge in [0.15, 0.2) is 0 Å². The number of ether oxygens (including phenoxy) is 1. The first-order valence-corrected chi connectivity index (χ1v) is 23.6. The Morgan fingerprint density at radius 2 is 1.69 bits per heavy atom. The molecular weight excluding hydrogens is 813 g/mol. The molecule has 328 valence electrons. The van der Waals surface area contributed by atoms with Gasteiger partial charge in [-0.1, -0.05) is 56.2 Å². The molecule has 13 nitrogen and oxygen atoms in total. The van der Waals surface area contributed by atoms with Crippen molar-refractivity contribution in [1.29, 1.82) is 0 Å². The van der Waals surface area contributed by atoms with Crippen LogP contribution in [-0.4, -0.2) is 80.9 Å². The Bertz CT molecular complexity index is 2460. The number of para-hydroxylation sites is 1. The third-order valence-electron chi connectivity index (χ3n) is 13.1. The van der Waals surface area contributed by atoms with Crippen molar-refractivity contribution in [1.82, 2.24) is 24.8 Å². The van der Waals surface area contributed by atoms with Crippen LogP contribution in [0.4, 0.5) is 4.39 Å². The Labute approximate surface area is 360 Å². The third-order valence-corrected chi connectivity index (χ3v) is 15.2. The third kappa shape index (κ3) is 8.81. The fourth-order valence-electron chi connectivity index (χ4n) is 9.54. The smallest absolute Gasteiger partial charge is 0.355 e. The van der Waals surface area contributed by atoms with Crippen LogP contribution in [0.15, 0.2) is 89.9 Å². The van der Waals surface area contributed by atoms with Gasteiger partial charge in [0, 0.05) is 48.9 Å². The minimum absolute atomic E-state index is 0.00672. The number of pyridine rings is 1. The number of hydrogen-bond donors (Lipinski definition) is 2. The molecule has 8 rings (SSSR count). The van der Waals surface area contributed by atoms with Gasteiger partial charge in [-0.2, -0.15) is 0 Å². The highest BCUT2D eigenvalue weighted by Crippen LogP contribution is 2.58. The molecule has 1 aliphatic carbocycles. The molecule has 3 aromatic carbocycles. The molecule has 15 heteroatoms. The SMILES string of the molecule is CCCOC(=O)[C@H](C)NP(=O)(Oc1ccccc1)C(F)c1ccc2ccc(C(=O)N[C@H]3CCCC[C@H]4CC[C@@H](C(=O)N5C[C@H](c6ccn(C)c(=O)c6)CC56CC6)N4C3=O)cc2c1. The number of carbonyl (C=O) groups excluding carboxylic acids is 4. The molecule has 2 unspecified atom stereocenters. The number of likely N-dealkylation sites (tertiary alicyclic amines) is 1. The van der Waals surface area contributed by atoms with Crippen molar-refractivity contribution >= 4 is 42.0 Å². The minimum atomic E-state index is -4.48. The summed E-state index contributed by atoms with van der Waals surface area (Å²) in [5.74, 6) is -3.51. The lowest BCUT2D eigenvalue weighted by molar-refractivity contribution is -0.148. The fourth-order valence-corrected chi connectivity index (χ4v) is 11.4. The molecule has 2 N–H and O–H groups in total. The Morgan fingerprint density at radius 1 is 0.935 bits per heavy atom. The van der Waals surface area contributed by atoms with E-state index in [1.165, 1.54) is 23.6 Å². The normalized spacial score (nSPS) is 23.8. The van der Waals surface area contributed by atoms with E-state index < -0.39 is 43.4 Å². The molecule has 0 bridgehead atoms. The molecule has 4 fully saturated rings. The Kier molecular flexibility index (Phi) is 12.4. The van der Waals surface area contributed by atoms with Crippen LogP contribution in [0.3, 0.4) is 0 Å².